The topological polar surface area (TPSA) is 55.4 Å². The van der Waals surface area contributed by atoms with E-state index in [0.717, 1.165) is 17.7 Å². The number of methoxy groups -OCH3 is 1. The van der Waals surface area contributed by atoms with Crippen LogP contribution in [0.5, 0.6) is 5.75 Å². The van der Waals surface area contributed by atoms with E-state index in [-0.39, 0.29) is 11.8 Å². The summed E-state index contributed by atoms with van der Waals surface area (Å²) in [5, 5.41) is 0. The molecule has 1 N–H and O–H groups in total. The number of hydrogen-bond acceptors (Lipinski definition) is 3. The Morgan fingerprint density at radius 2 is 2.11 bits per heavy atom. The van der Waals surface area contributed by atoms with Crippen LogP contribution >= 0.6 is 0 Å². The summed E-state index contributed by atoms with van der Waals surface area (Å²) in [6, 6.07) is 7.16. The fourth-order valence-corrected chi connectivity index (χ4v) is 3.10. The molecule has 1 aromatic rings. The molecule has 18 heavy (non-hydrogen) atoms. The molecule has 1 aromatic carbocycles. The molecule has 0 bridgehead atoms. The van der Waals surface area contributed by atoms with Crippen molar-refractivity contribution in [2.24, 2.45) is 0 Å². The second-order valence-corrected chi connectivity index (χ2v) is 6.16. The van der Waals surface area contributed by atoms with E-state index in [1.807, 2.05) is 38.1 Å². The van der Waals surface area contributed by atoms with Gasteiger partial charge >= 0.3 is 0 Å². The van der Waals surface area contributed by atoms with Gasteiger partial charge in [0.05, 0.1) is 12.9 Å². The number of sulfonamides is 1. The van der Waals surface area contributed by atoms with Crippen molar-refractivity contribution in [1.82, 2.24) is 4.72 Å². The van der Waals surface area contributed by atoms with Crippen LogP contribution in [0.25, 0.3) is 0 Å². The van der Waals surface area contributed by atoms with E-state index in [1.165, 1.54) is 0 Å². The number of unbranched alkanes of at least 4 members (excludes halogenated alkanes) is 1. The first kappa shape index (κ1) is 15.0. The molecule has 0 aliphatic carbocycles. The summed E-state index contributed by atoms with van der Waals surface area (Å²) in [6.07, 6.45) is 1.55. The van der Waals surface area contributed by atoms with E-state index >= 15 is 0 Å². The lowest BCUT2D eigenvalue weighted by atomic mass is 10.1. The first-order valence-electron chi connectivity index (χ1n) is 6.12. The Morgan fingerprint density at radius 3 is 2.72 bits per heavy atom. The van der Waals surface area contributed by atoms with E-state index < -0.39 is 10.0 Å². The summed E-state index contributed by atoms with van der Waals surface area (Å²) in [5.41, 5.74) is 0.898. The average molecular weight is 271 g/mol. The molecule has 0 spiro atoms. The van der Waals surface area contributed by atoms with Crippen LogP contribution in [0, 0.1) is 0 Å². The molecule has 0 aliphatic rings. The van der Waals surface area contributed by atoms with Gasteiger partial charge in [-0.3, -0.25) is 0 Å². The Morgan fingerprint density at radius 1 is 1.39 bits per heavy atom. The first-order valence-corrected chi connectivity index (χ1v) is 7.77. The highest BCUT2D eigenvalue weighted by molar-refractivity contribution is 7.89. The van der Waals surface area contributed by atoms with Crippen LogP contribution in [0.3, 0.4) is 0 Å². The summed E-state index contributed by atoms with van der Waals surface area (Å²) in [4.78, 5) is 0. The van der Waals surface area contributed by atoms with Crippen molar-refractivity contribution in [3.8, 4) is 5.75 Å². The van der Waals surface area contributed by atoms with Crippen LogP contribution in [-0.4, -0.2) is 21.3 Å². The molecule has 1 rings (SSSR count). The molecular weight excluding hydrogens is 250 g/mol. The SMILES string of the molecule is CCCCS(=O)(=O)NC(C)c1cccc(OC)c1. The molecule has 0 heterocycles. The van der Waals surface area contributed by atoms with Gasteiger partial charge in [-0.05, 0) is 31.0 Å². The normalized spacial score (nSPS) is 13.3. The smallest absolute Gasteiger partial charge is 0.212 e. The Bertz CT molecular complexity index is 471. The van der Waals surface area contributed by atoms with Gasteiger partial charge in [-0.15, -0.1) is 0 Å². The number of benzene rings is 1. The molecule has 5 heteroatoms. The predicted molar refractivity (Wildman–Crippen MR) is 73.2 cm³/mol. The van der Waals surface area contributed by atoms with Gasteiger partial charge in [-0.1, -0.05) is 25.5 Å². The molecule has 102 valence electrons. The molecule has 0 amide bonds. The van der Waals surface area contributed by atoms with Gasteiger partial charge in [-0.2, -0.15) is 0 Å². The highest BCUT2D eigenvalue weighted by Crippen LogP contribution is 2.19. The maximum absolute atomic E-state index is 11.8. The van der Waals surface area contributed by atoms with Crippen molar-refractivity contribution in [2.45, 2.75) is 32.7 Å². The van der Waals surface area contributed by atoms with Crippen molar-refractivity contribution in [2.75, 3.05) is 12.9 Å². The van der Waals surface area contributed by atoms with Gasteiger partial charge in [0, 0.05) is 6.04 Å². The van der Waals surface area contributed by atoms with E-state index in [1.54, 1.807) is 7.11 Å². The second kappa shape index (κ2) is 6.75. The average Bonchev–Trinajstić information content (AvgIpc) is 2.36. The lowest BCUT2D eigenvalue weighted by Crippen LogP contribution is -2.29. The fourth-order valence-electron chi connectivity index (χ4n) is 1.64. The lowest BCUT2D eigenvalue weighted by Gasteiger charge is -2.15. The number of hydrogen-bond donors (Lipinski definition) is 1. The lowest BCUT2D eigenvalue weighted by molar-refractivity contribution is 0.413. The highest BCUT2D eigenvalue weighted by Gasteiger charge is 2.15. The van der Waals surface area contributed by atoms with Gasteiger partial charge in [0.2, 0.25) is 10.0 Å². The first-order chi connectivity index (χ1) is 8.48. The van der Waals surface area contributed by atoms with Crippen molar-refractivity contribution >= 4 is 10.0 Å². The molecule has 0 fully saturated rings. The van der Waals surface area contributed by atoms with Crippen LogP contribution in [0.4, 0.5) is 0 Å². The zero-order chi connectivity index (χ0) is 13.6. The maximum Gasteiger partial charge on any atom is 0.212 e. The van der Waals surface area contributed by atoms with Crippen molar-refractivity contribution in [1.29, 1.82) is 0 Å². The third-order valence-corrected chi connectivity index (χ3v) is 4.26. The van der Waals surface area contributed by atoms with E-state index in [4.69, 9.17) is 4.74 Å². The minimum atomic E-state index is -3.20. The van der Waals surface area contributed by atoms with Crippen LogP contribution in [-0.2, 0) is 10.0 Å². The zero-order valence-corrected chi connectivity index (χ0v) is 12.0. The summed E-state index contributed by atoms with van der Waals surface area (Å²) < 4.78 is 31.4. The van der Waals surface area contributed by atoms with Gasteiger partial charge in [0.1, 0.15) is 5.75 Å². The Hall–Kier alpha value is -1.07. The number of nitrogens with one attached hydrogen (secondary N) is 1. The van der Waals surface area contributed by atoms with E-state index in [2.05, 4.69) is 4.72 Å². The van der Waals surface area contributed by atoms with Crippen molar-refractivity contribution < 1.29 is 13.2 Å². The molecule has 0 saturated heterocycles. The van der Waals surface area contributed by atoms with Crippen LogP contribution in [0.1, 0.15) is 38.3 Å². The van der Waals surface area contributed by atoms with Gasteiger partial charge in [0.15, 0.2) is 0 Å². The molecule has 0 radical (unpaired) electrons. The van der Waals surface area contributed by atoms with Crippen molar-refractivity contribution in [3.63, 3.8) is 0 Å². The zero-order valence-electron chi connectivity index (χ0n) is 11.1. The third kappa shape index (κ3) is 4.66. The highest BCUT2D eigenvalue weighted by atomic mass is 32.2. The Balaban J connectivity index is 2.72. The monoisotopic (exact) mass is 271 g/mol. The molecular formula is C13H21NO3S. The van der Waals surface area contributed by atoms with Crippen molar-refractivity contribution in [3.05, 3.63) is 29.8 Å². The largest absolute Gasteiger partial charge is 0.497 e. The Kier molecular flexibility index (Phi) is 5.62. The van der Waals surface area contributed by atoms with Gasteiger partial charge < -0.3 is 4.74 Å². The summed E-state index contributed by atoms with van der Waals surface area (Å²) in [7, 11) is -1.61. The molecule has 0 aromatic heterocycles. The quantitative estimate of drug-likeness (QED) is 0.829. The predicted octanol–water partition coefficient (Wildman–Crippen LogP) is 2.48. The van der Waals surface area contributed by atoms with Crippen LogP contribution < -0.4 is 9.46 Å². The minimum Gasteiger partial charge on any atom is -0.497 e. The molecule has 0 saturated carbocycles. The summed E-state index contributed by atoms with van der Waals surface area (Å²) in [5.74, 6) is 0.907. The maximum atomic E-state index is 11.8. The molecule has 1 atom stereocenters. The summed E-state index contributed by atoms with van der Waals surface area (Å²) in [6.45, 7) is 3.80. The van der Waals surface area contributed by atoms with Gasteiger partial charge in [-0.25, -0.2) is 13.1 Å². The molecule has 0 aliphatic heterocycles. The van der Waals surface area contributed by atoms with Crippen LogP contribution in [0.15, 0.2) is 24.3 Å². The van der Waals surface area contributed by atoms with Crippen LogP contribution in [0.2, 0.25) is 0 Å². The van der Waals surface area contributed by atoms with Gasteiger partial charge in [0.25, 0.3) is 0 Å². The molecule has 1 unspecified atom stereocenters. The van der Waals surface area contributed by atoms with E-state index in [9.17, 15) is 8.42 Å². The van der Waals surface area contributed by atoms with E-state index in [0.29, 0.717) is 6.42 Å². The summed E-state index contributed by atoms with van der Waals surface area (Å²) >= 11 is 0. The number of rotatable bonds is 7. The Labute approximate surface area is 109 Å². The number of ether oxygens (including phenoxy) is 1. The fraction of sp³-hybridized carbons (Fsp3) is 0.538. The standard InChI is InChI=1S/C13H21NO3S/c1-4-5-9-18(15,16)14-11(2)12-7-6-8-13(10-12)17-3/h6-8,10-11,14H,4-5,9H2,1-3H3. The molecule has 4 nitrogen and oxygen atoms in total. The minimum absolute atomic E-state index is 0.178. The third-order valence-electron chi connectivity index (χ3n) is 2.72. The second-order valence-electron chi connectivity index (χ2n) is 4.29.